The average Bonchev–Trinajstić information content (AvgIpc) is 3.04. The Kier molecular flexibility index (Phi) is 3.61. The van der Waals surface area contributed by atoms with Crippen LogP contribution < -0.4 is 16.0 Å². The van der Waals surface area contributed by atoms with Gasteiger partial charge in [-0.2, -0.15) is 0 Å². The number of nitrogens with zero attached hydrogens (tertiary/aromatic N) is 4. The average molecular weight is 372 g/mol. The van der Waals surface area contributed by atoms with Gasteiger partial charge in [-0.15, -0.1) is 0 Å². The van der Waals surface area contributed by atoms with Gasteiger partial charge in [0.2, 0.25) is 5.95 Å². The van der Waals surface area contributed by atoms with Crippen LogP contribution in [0.15, 0.2) is 47.8 Å². The number of aryl methyl sites for hydroxylation is 1. The molecular weight excluding hydrogens is 348 g/mol. The molecule has 1 aromatic heterocycles. The lowest BCUT2D eigenvalue weighted by atomic mass is 10.0. The molecule has 6 heteroatoms. The molecule has 28 heavy (non-hydrogen) atoms. The molecule has 1 unspecified atom stereocenters. The summed E-state index contributed by atoms with van der Waals surface area (Å²) in [6, 6.07) is 6.54. The standard InChI is InChI=1S/C22H24N6/c1-12-5-6-15-16(9-12)17-10-24-22(23)26-19(17)20-18(15)25-21-13(2)14(11-27(3)4)7-8-28(20)21/h5-10,21,25H,11H2,1-4H3,(H2,23,24,26). The van der Waals surface area contributed by atoms with E-state index in [9.17, 15) is 0 Å². The van der Waals surface area contributed by atoms with Crippen LogP contribution in [0.1, 0.15) is 12.5 Å². The van der Waals surface area contributed by atoms with E-state index in [1.807, 2.05) is 6.20 Å². The molecule has 6 nitrogen and oxygen atoms in total. The third kappa shape index (κ3) is 2.38. The van der Waals surface area contributed by atoms with E-state index in [1.165, 1.54) is 22.1 Å². The fraction of sp³-hybridized carbons (Fsp3) is 0.273. The first-order valence-electron chi connectivity index (χ1n) is 9.50. The fourth-order valence-corrected chi connectivity index (χ4v) is 4.32. The van der Waals surface area contributed by atoms with Gasteiger partial charge >= 0.3 is 0 Å². The molecule has 0 spiro atoms. The Morgan fingerprint density at radius 3 is 2.79 bits per heavy atom. The smallest absolute Gasteiger partial charge is 0.220 e. The van der Waals surface area contributed by atoms with Crippen molar-refractivity contribution in [1.29, 1.82) is 0 Å². The van der Waals surface area contributed by atoms with E-state index in [-0.39, 0.29) is 6.17 Å². The molecule has 3 aromatic rings. The zero-order valence-corrected chi connectivity index (χ0v) is 16.6. The highest BCUT2D eigenvalue weighted by Gasteiger charge is 2.35. The van der Waals surface area contributed by atoms with Crippen LogP contribution in [0.2, 0.25) is 0 Å². The largest absolute Gasteiger partial charge is 0.368 e. The van der Waals surface area contributed by atoms with Crippen LogP contribution >= 0.6 is 0 Å². The Hall–Kier alpha value is -3.12. The van der Waals surface area contributed by atoms with E-state index >= 15 is 0 Å². The summed E-state index contributed by atoms with van der Waals surface area (Å²) in [6.45, 7) is 5.23. The number of aromatic nitrogens is 2. The molecule has 0 saturated heterocycles. The maximum absolute atomic E-state index is 5.97. The molecule has 3 N–H and O–H groups in total. The minimum Gasteiger partial charge on any atom is -0.368 e. The molecule has 0 fully saturated rings. The van der Waals surface area contributed by atoms with Crippen molar-refractivity contribution in [1.82, 2.24) is 14.9 Å². The summed E-state index contributed by atoms with van der Waals surface area (Å²) in [6.07, 6.45) is 6.30. The van der Waals surface area contributed by atoms with E-state index in [0.717, 1.165) is 34.2 Å². The van der Waals surface area contributed by atoms with Crippen LogP contribution in [0.4, 0.5) is 17.3 Å². The lowest BCUT2D eigenvalue weighted by Gasteiger charge is -2.30. The number of anilines is 3. The molecule has 0 radical (unpaired) electrons. The summed E-state index contributed by atoms with van der Waals surface area (Å²) in [5.74, 6) is 0.298. The van der Waals surface area contributed by atoms with Gasteiger partial charge in [0.15, 0.2) is 0 Å². The van der Waals surface area contributed by atoms with Crippen LogP contribution in [-0.2, 0) is 0 Å². The molecule has 2 aromatic carbocycles. The van der Waals surface area contributed by atoms with Crippen LogP contribution in [0, 0.1) is 6.92 Å². The molecule has 142 valence electrons. The number of nitrogens with one attached hydrogen (secondary N) is 1. The van der Waals surface area contributed by atoms with Crippen molar-refractivity contribution in [3.05, 3.63) is 53.4 Å². The molecule has 1 atom stereocenters. The second-order valence-electron chi connectivity index (χ2n) is 7.98. The lowest BCUT2D eigenvalue weighted by Crippen LogP contribution is -2.36. The van der Waals surface area contributed by atoms with E-state index in [2.05, 4.69) is 83.5 Å². The van der Waals surface area contributed by atoms with Crippen molar-refractivity contribution in [2.24, 2.45) is 0 Å². The van der Waals surface area contributed by atoms with Crippen LogP contribution in [0.25, 0.3) is 21.7 Å². The molecule has 0 saturated carbocycles. The van der Waals surface area contributed by atoms with Crippen LogP contribution in [0.3, 0.4) is 0 Å². The molecule has 2 aliphatic heterocycles. The highest BCUT2D eigenvalue weighted by Crippen LogP contribution is 2.48. The number of hydrogen-bond donors (Lipinski definition) is 2. The van der Waals surface area contributed by atoms with Gasteiger partial charge in [0.25, 0.3) is 0 Å². The number of fused-ring (bicyclic) bond motifs is 8. The van der Waals surface area contributed by atoms with E-state index in [1.54, 1.807) is 0 Å². The Bertz CT molecular complexity index is 1190. The Labute approximate surface area is 164 Å². The van der Waals surface area contributed by atoms with Crippen molar-refractivity contribution in [2.45, 2.75) is 20.0 Å². The molecular formula is C22H24N6. The maximum Gasteiger partial charge on any atom is 0.220 e. The predicted octanol–water partition coefficient (Wildman–Crippen LogP) is 3.64. The highest BCUT2D eigenvalue weighted by atomic mass is 15.3. The van der Waals surface area contributed by atoms with Crippen LogP contribution in [0.5, 0.6) is 0 Å². The summed E-state index contributed by atoms with van der Waals surface area (Å²) in [4.78, 5) is 13.4. The van der Waals surface area contributed by atoms with Gasteiger partial charge in [-0.05, 0) is 50.6 Å². The first-order chi connectivity index (χ1) is 13.4. The number of nitrogen functional groups attached to an aromatic ring is 1. The van der Waals surface area contributed by atoms with Crippen molar-refractivity contribution in [3.8, 4) is 0 Å². The Morgan fingerprint density at radius 2 is 2.00 bits per heavy atom. The van der Waals surface area contributed by atoms with E-state index in [0.29, 0.717) is 5.95 Å². The third-order valence-corrected chi connectivity index (χ3v) is 5.66. The molecule has 2 aliphatic rings. The number of likely N-dealkylation sites (N-methyl/N-ethyl adjacent to an activating group) is 1. The molecule has 0 aliphatic carbocycles. The summed E-state index contributed by atoms with van der Waals surface area (Å²) < 4.78 is 0. The van der Waals surface area contributed by atoms with Gasteiger partial charge in [0.1, 0.15) is 11.7 Å². The monoisotopic (exact) mass is 372 g/mol. The summed E-state index contributed by atoms with van der Waals surface area (Å²) in [7, 11) is 4.20. The van der Waals surface area contributed by atoms with Gasteiger partial charge in [0, 0.05) is 29.7 Å². The van der Waals surface area contributed by atoms with E-state index < -0.39 is 0 Å². The first kappa shape index (κ1) is 17.0. The second kappa shape index (κ2) is 5.94. The molecule has 3 heterocycles. The predicted molar refractivity (Wildman–Crippen MR) is 116 cm³/mol. The lowest BCUT2D eigenvalue weighted by molar-refractivity contribution is 0.446. The van der Waals surface area contributed by atoms with Gasteiger partial charge in [-0.25, -0.2) is 9.97 Å². The zero-order chi connectivity index (χ0) is 19.6. The summed E-state index contributed by atoms with van der Waals surface area (Å²) in [5, 5.41) is 7.13. The van der Waals surface area contributed by atoms with Gasteiger partial charge in [0.05, 0.1) is 11.4 Å². The second-order valence-corrected chi connectivity index (χ2v) is 7.98. The number of hydrogen-bond acceptors (Lipinski definition) is 6. The summed E-state index contributed by atoms with van der Waals surface area (Å²) in [5.41, 5.74) is 12.9. The molecule has 0 amide bonds. The van der Waals surface area contributed by atoms with Gasteiger partial charge < -0.3 is 20.9 Å². The molecule has 5 rings (SSSR count). The topological polar surface area (TPSA) is 70.3 Å². The van der Waals surface area contributed by atoms with Crippen molar-refractivity contribution >= 4 is 39.0 Å². The van der Waals surface area contributed by atoms with Crippen molar-refractivity contribution in [3.63, 3.8) is 0 Å². The number of benzene rings is 2. The van der Waals surface area contributed by atoms with Crippen molar-refractivity contribution in [2.75, 3.05) is 36.6 Å². The first-order valence-corrected chi connectivity index (χ1v) is 9.50. The zero-order valence-electron chi connectivity index (χ0n) is 16.6. The maximum atomic E-state index is 5.97. The minimum atomic E-state index is 0.0845. The number of nitrogens with two attached hydrogens (primary N) is 1. The van der Waals surface area contributed by atoms with E-state index in [4.69, 9.17) is 5.73 Å². The SMILES string of the molecule is CC1=C(CN(C)C)C=CN2c3c(c4ccc(C)cc4c4cnc(N)nc34)NC12. The number of rotatable bonds is 2. The Balaban J connectivity index is 1.79. The van der Waals surface area contributed by atoms with Crippen molar-refractivity contribution < 1.29 is 0 Å². The normalized spacial score (nSPS) is 18.2. The Morgan fingerprint density at radius 1 is 1.18 bits per heavy atom. The van der Waals surface area contributed by atoms with Crippen LogP contribution in [-0.4, -0.2) is 41.7 Å². The fourth-order valence-electron chi connectivity index (χ4n) is 4.32. The minimum absolute atomic E-state index is 0.0845. The van der Waals surface area contributed by atoms with Gasteiger partial charge in [-0.3, -0.25) is 0 Å². The third-order valence-electron chi connectivity index (χ3n) is 5.66. The highest BCUT2D eigenvalue weighted by molar-refractivity contribution is 6.20. The quantitative estimate of drug-likeness (QED) is 0.670. The summed E-state index contributed by atoms with van der Waals surface area (Å²) >= 11 is 0. The van der Waals surface area contributed by atoms with Gasteiger partial charge in [-0.1, -0.05) is 23.8 Å². The molecule has 0 bridgehead atoms.